The molecule has 2 aliphatic rings. The molecule has 1 atom stereocenters. The van der Waals surface area contributed by atoms with E-state index in [1.807, 2.05) is 42.5 Å². The van der Waals surface area contributed by atoms with Crippen molar-refractivity contribution in [3.05, 3.63) is 58.6 Å². The lowest BCUT2D eigenvalue weighted by atomic mass is 10.1. The number of ether oxygens (including phenoxy) is 2. The Morgan fingerprint density at radius 3 is 2.76 bits per heavy atom. The molecule has 1 amide bonds. The fourth-order valence-electron chi connectivity index (χ4n) is 3.33. The van der Waals surface area contributed by atoms with E-state index >= 15 is 0 Å². The number of rotatable bonds is 5. The van der Waals surface area contributed by atoms with Gasteiger partial charge in [-0.05, 0) is 30.7 Å². The maximum absolute atomic E-state index is 13.0. The van der Waals surface area contributed by atoms with Crippen LogP contribution in [0, 0.1) is 0 Å². The van der Waals surface area contributed by atoms with E-state index in [0.717, 1.165) is 28.3 Å². The maximum Gasteiger partial charge on any atom is 0.276 e. The molecule has 2 aromatic carbocycles. The summed E-state index contributed by atoms with van der Waals surface area (Å²) in [6.45, 7) is 2.09. The quantitative estimate of drug-likeness (QED) is 0.816. The number of fused-ring (bicyclic) bond motifs is 2. The van der Waals surface area contributed by atoms with Crippen molar-refractivity contribution in [3.63, 3.8) is 0 Å². The minimum Gasteiger partial charge on any atom is -0.497 e. The number of benzene rings is 2. The van der Waals surface area contributed by atoms with E-state index in [4.69, 9.17) is 19.6 Å². The lowest BCUT2D eigenvalue weighted by molar-refractivity contribution is -0.116. The predicted octanol–water partition coefficient (Wildman–Crippen LogP) is 1.99. The summed E-state index contributed by atoms with van der Waals surface area (Å²) in [5.74, 6) is 2.01. The molecule has 0 spiro atoms. The Morgan fingerprint density at radius 2 is 2.00 bits per heavy atom. The highest BCUT2D eigenvalue weighted by Crippen LogP contribution is 2.37. The van der Waals surface area contributed by atoms with Crippen LogP contribution in [-0.2, 0) is 4.79 Å². The van der Waals surface area contributed by atoms with Crippen molar-refractivity contribution < 1.29 is 14.3 Å². The van der Waals surface area contributed by atoms with Gasteiger partial charge in [0, 0.05) is 16.5 Å². The van der Waals surface area contributed by atoms with Gasteiger partial charge in [0.2, 0.25) is 0 Å². The Bertz CT molecular complexity index is 1100. The number of hydrazone groups is 1. The molecule has 0 saturated carbocycles. The van der Waals surface area contributed by atoms with Crippen molar-refractivity contribution >= 4 is 28.5 Å². The third-order valence-electron chi connectivity index (χ3n) is 4.67. The zero-order valence-electron chi connectivity index (χ0n) is 16.5. The van der Waals surface area contributed by atoms with E-state index in [1.165, 1.54) is 11.8 Å². The number of methoxy groups -OCH3 is 2. The molecule has 2 heterocycles. The van der Waals surface area contributed by atoms with Crippen molar-refractivity contribution in [2.45, 2.75) is 19.5 Å². The number of thioether (sulfide) groups is 1. The zero-order chi connectivity index (χ0) is 20.4. The minimum absolute atomic E-state index is 0.187. The highest BCUT2D eigenvalue weighted by atomic mass is 32.2. The van der Waals surface area contributed by atoms with Crippen LogP contribution in [0.4, 0.5) is 0 Å². The fraction of sp³-hybridized carbons (Fsp3) is 0.286. The molecule has 2 aliphatic heterocycles. The first-order valence-corrected chi connectivity index (χ1v) is 10.4. The second kappa shape index (κ2) is 8.16. The normalized spacial score (nSPS) is 17.6. The van der Waals surface area contributed by atoms with E-state index in [1.54, 1.807) is 19.2 Å². The zero-order valence-corrected chi connectivity index (χ0v) is 17.3. The predicted molar refractivity (Wildman–Crippen MR) is 113 cm³/mol. The van der Waals surface area contributed by atoms with E-state index in [0.29, 0.717) is 22.4 Å². The number of hydrogen-bond acceptors (Lipinski definition) is 7. The van der Waals surface area contributed by atoms with Crippen molar-refractivity contribution in [1.82, 2.24) is 10.3 Å². The van der Waals surface area contributed by atoms with Gasteiger partial charge in [0.25, 0.3) is 5.91 Å². The molecular formula is C21H22N4O3S. The molecule has 0 fully saturated rings. The molecule has 0 aliphatic carbocycles. The summed E-state index contributed by atoms with van der Waals surface area (Å²) in [5, 5.41) is 11.4. The van der Waals surface area contributed by atoms with Crippen LogP contribution in [0.5, 0.6) is 11.5 Å². The Hall–Kier alpha value is -3.00. The number of carbonyl (C=O) groups is 1. The summed E-state index contributed by atoms with van der Waals surface area (Å²) in [7, 11) is 3.23. The van der Waals surface area contributed by atoms with Crippen LogP contribution in [0.1, 0.15) is 25.1 Å². The maximum atomic E-state index is 13.0. The van der Waals surface area contributed by atoms with Crippen LogP contribution < -0.4 is 25.4 Å². The Labute approximate surface area is 173 Å². The first kappa shape index (κ1) is 19.3. The smallest absolute Gasteiger partial charge is 0.276 e. The standard InChI is InChI=1S/C21H22N4O3S/c1-4-11-29-21-23-20(26)18-14-7-5-6-8-16(14)22-19(25(18)24-21)15-12-13(27-2)9-10-17(15)28-3/h5-10,12,19H,4,11H2,1-3H3,(H,23,24,26)/t19-/m1/s1. The van der Waals surface area contributed by atoms with Gasteiger partial charge in [-0.25, -0.2) is 5.01 Å². The monoisotopic (exact) mass is 410 g/mol. The van der Waals surface area contributed by atoms with E-state index in [-0.39, 0.29) is 5.91 Å². The molecule has 8 heteroatoms. The summed E-state index contributed by atoms with van der Waals surface area (Å²) in [6, 6.07) is 13.1. The Morgan fingerprint density at radius 1 is 1.17 bits per heavy atom. The molecule has 0 unspecified atom stereocenters. The molecule has 0 bridgehead atoms. The van der Waals surface area contributed by atoms with E-state index in [9.17, 15) is 4.79 Å². The van der Waals surface area contributed by atoms with Crippen LogP contribution >= 0.6 is 11.8 Å². The highest BCUT2D eigenvalue weighted by molar-refractivity contribution is 8.13. The number of amides is 1. The number of amidine groups is 1. The van der Waals surface area contributed by atoms with Crippen molar-refractivity contribution in [2.24, 2.45) is 10.1 Å². The van der Waals surface area contributed by atoms with Crippen LogP contribution in [0.15, 0.2) is 52.6 Å². The van der Waals surface area contributed by atoms with Gasteiger partial charge in [-0.15, -0.1) is 5.10 Å². The summed E-state index contributed by atoms with van der Waals surface area (Å²) in [6.07, 6.45) is 0.435. The molecule has 1 N–H and O–H groups in total. The van der Waals surface area contributed by atoms with Gasteiger partial charge in [0.05, 0.1) is 19.6 Å². The lowest BCUT2D eigenvalue weighted by Crippen LogP contribution is -2.50. The first-order chi connectivity index (χ1) is 14.2. The molecule has 29 heavy (non-hydrogen) atoms. The average Bonchev–Trinajstić information content (AvgIpc) is 2.76. The number of nitrogens with one attached hydrogen (secondary N) is 1. The van der Waals surface area contributed by atoms with Crippen molar-refractivity contribution in [2.75, 3.05) is 20.0 Å². The molecule has 0 saturated heterocycles. The molecule has 0 aromatic heterocycles. The second-order valence-corrected chi connectivity index (χ2v) is 7.61. The van der Waals surface area contributed by atoms with Gasteiger partial charge in [0.1, 0.15) is 17.2 Å². The van der Waals surface area contributed by atoms with Crippen LogP contribution in [0.2, 0.25) is 0 Å². The summed E-state index contributed by atoms with van der Waals surface area (Å²) in [5.41, 5.74) is 1.25. The molecule has 4 rings (SSSR count). The van der Waals surface area contributed by atoms with Crippen LogP contribution in [0.3, 0.4) is 0 Å². The van der Waals surface area contributed by atoms with Crippen molar-refractivity contribution in [3.8, 4) is 11.5 Å². The summed E-state index contributed by atoms with van der Waals surface area (Å²) < 4.78 is 11.0. The number of carbonyl (C=O) groups excluding carboxylic acids is 1. The van der Waals surface area contributed by atoms with Gasteiger partial charge in [-0.2, -0.15) is 0 Å². The van der Waals surface area contributed by atoms with Crippen molar-refractivity contribution in [1.29, 1.82) is 0 Å². The largest absolute Gasteiger partial charge is 0.497 e. The van der Waals surface area contributed by atoms with Gasteiger partial charge >= 0.3 is 0 Å². The Kier molecular flexibility index (Phi) is 5.44. The van der Waals surface area contributed by atoms with E-state index < -0.39 is 6.17 Å². The SMILES string of the molecule is CCCSC1=NN2C(=c3ccccc3=N[C@H]2c2cc(OC)ccc2OC)C(=O)N1. The number of hydrogen-bond donors (Lipinski definition) is 1. The van der Waals surface area contributed by atoms with Crippen LogP contribution in [-0.4, -0.2) is 36.1 Å². The minimum atomic E-state index is -0.548. The molecule has 150 valence electrons. The van der Waals surface area contributed by atoms with Gasteiger partial charge in [-0.1, -0.05) is 36.9 Å². The van der Waals surface area contributed by atoms with Crippen LogP contribution in [0.25, 0.3) is 5.70 Å². The molecule has 0 radical (unpaired) electrons. The molecule has 7 nitrogen and oxygen atoms in total. The van der Waals surface area contributed by atoms with E-state index in [2.05, 4.69) is 12.2 Å². The molecular weight excluding hydrogens is 388 g/mol. The lowest BCUT2D eigenvalue weighted by Gasteiger charge is -2.34. The summed E-state index contributed by atoms with van der Waals surface area (Å²) >= 11 is 1.52. The van der Waals surface area contributed by atoms with Gasteiger partial charge in [0.15, 0.2) is 11.3 Å². The first-order valence-electron chi connectivity index (χ1n) is 9.37. The summed E-state index contributed by atoms with van der Waals surface area (Å²) in [4.78, 5) is 17.9. The molecule has 2 aromatic rings. The highest BCUT2D eigenvalue weighted by Gasteiger charge is 2.35. The third kappa shape index (κ3) is 3.55. The average molecular weight is 410 g/mol. The van der Waals surface area contributed by atoms with Gasteiger partial charge < -0.3 is 9.47 Å². The topological polar surface area (TPSA) is 75.5 Å². The second-order valence-electron chi connectivity index (χ2n) is 6.53. The number of nitrogens with zero attached hydrogens (tertiary/aromatic N) is 3. The Balaban J connectivity index is 1.93. The third-order valence-corrected chi connectivity index (χ3v) is 5.74. The van der Waals surface area contributed by atoms with Gasteiger partial charge in [-0.3, -0.25) is 15.1 Å². The number of para-hydroxylation sites is 1. The fourth-order valence-corrected chi connectivity index (χ4v) is 4.04.